The largest absolute Gasteiger partial charge is 0.327 e. The first-order chi connectivity index (χ1) is 6.27. The molecule has 2 saturated carbocycles. The van der Waals surface area contributed by atoms with Crippen LogP contribution in [0.1, 0.15) is 51.9 Å². The summed E-state index contributed by atoms with van der Waals surface area (Å²) in [5, 5.41) is 0. The molecule has 0 heterocycles. The van der Waals surface area contributed by atoms with E-state index >= 15 is 0 Å². The molecule has 0 bridgehead atoms. The zero-order valence-corrected chi connectivity index (χ0v) is 8.84. The van der Waals surface area contributed by atoms with Gasteiger partial charge in [0.05, 0.1) is 0 Å². The molecule has 0 aromatic carbocycles. The molecule has 0 aromatic heterocycles. The summed E-state index contributed by atoms with van der Waals surface area (Å²) in [5.74, 6) is 2.74. The van der Waals surface area contributed by atoms with Gasteiger partial charge in [-0.25, -0.2) is 0 Å². The van der Waals surface area contributed by atoms with E-state index in [0.717, 1.165) is 17.8 Å². The van der Waals surface area contributed by atoms with Crippen LogP contribution in [0, 0.1) is 17.8 Å². The topological polar surface area (TPSA) is 26.0 Å². The monoisotopic (exact) mass is 181 g/mol. The van der Waals surface area contributed by atoms with Gasteiger partial charge >= 0.3 is 0 Å². The molecule has 0 aromatic rings. The molecule has 0 spiro atoms. The maximum atomic E-state index is 6.28. The first kappa shape index (κ1) is 9.51. The smallest absolute Gasteiger partial charge is 0.00723 e. The van der Waals surface area contributed by atoms with E-state index in [1.54, 1.807) is 0 Å². The molecule has 76 valence electrons. The third-order valence-corrected chi connectivity index (χ3v) is 4.03. The molecule has 2 N–H and O–H groups in total. The van der Waals surface area contributed by atoms with Crippen molar-refractivity contribution in [3.05, 3.63) is 0 Å². The van der Waals surface area contributed by atoms with Crippen LogP contribution in [0.3, 0.4) is 0 Å². The van der Waals surface area contributed by atoms with E-state index in [1.807, 2.05) is 0 Å². The van der Waals surface area contributed by atoms with Gasteiger partial charge in [0, 0.05) is 6.04 Å². The van der Waals surface area contributed by atoms with Crippen molar-refractivity contribution >= 4 is 0 Å². The van der Waals surface area contributed by atoms with E-state index in [-0.39, 0.29) is 0 Å². The van der Waals surface area contributed by atoms with Gasteiger partial charge in [-0.2, -0.15) is 0 Å². The Morgan fingerprint density at radius 3 is 2.46 bits per heavy atom. The third kappa shape index (κ3) is 2.46. The summed E-state index contributed by atoms with van der Waals surface area (Å²) in [6.45, 7) is 2.40. The molecule has 0 aliphatic heterocycles. The zero-order chi connectivity index (χ0) is 9.26. The number of nitrogens with two attached hydrogens (primary N) is 1. The lowest BCUT2D eigenvalue weighted by molar-refractivity contribution is 0.207. The normalized spacial score (nSPS) is 37.4. The van der Waals surface area contributed by atoms with Gasteiger partial charge in [0.25, 0.3) is 0 Å². The van der Waals surface area contributed by atoms with Crippen LogP contribution in [0.2, 0.25) is 0 Å². The standard InChI is InChI=1S/C12H23N/c1-9-4-2-3-5-11(9)12(13)8-10-6-7-10/h9-12H,2-8,13H2,1H3. The minimum atomic E-state index is 0.516. The molecule has 0 radical (unpaired) electrons. The van der Waals surface area contributed by atoms with Gasteiger partial charge in [-0.1, -0.05) is 39.0 Å². The van der Waals surface area contributed by atoms with E-state index < -0.39 is 0 Å². The highest BCUT2D eigenvalue weighted by Crippen LogP contribution is 2.38. The molecular formula is C12H23N. The van der Waals surface area contributed by atoms with Crippen molar-refractivity contribution in [2.45, 2.75) is 57.9 Å². The van der Waals surface area contributed by atoms with Gasteiger partial charge in [0.1, 0.15) is 0 Å². The Hall–Kier alpha value is -0.0400. The molecule has 2 fully saturated rings. The lowest BCUT2D eigenvalue weighted by Crippen LogP contribution is -2.36. The van der Waals surface area contributed by atoms with Crippen LogP contribution in [-0.2, 0) is 0 Å². The molecule has 0 saturated heterocycles. The van der Waals surface area contributed by atoms with Gasteiger partial charge in [-0.05, 0) is 30.6 Å². The van der Waals surface area contributed by atoms with Gasteiger partial charge in [-0.3, -0.25) is 0 Å². The molecule has 2 aliphatic carbocycles. The molecule has 2 rings (SSSR count). The van der Waals surface area contributed by atoms with Crippen LogP contribution in [0.5, 0.6) is 0 Å². The summed E-state index contributed by atoms with van der Waals surface area (Å²) in [5.41, 5.74) is 6.28. The fourth-order valence-electron chi connectivity index (χ4n) is 2.89. The molecule has 2 aliphatic rings. The van der Waals surface area contributed by atoms with Crippen molar-refractivity contribution in [2.24, 2.45) is 23.5 Å². The predicted octanol–water partition coefficient (Wildman–Crippen LogP) is 2.94. The van der Waals surface area contributed by atoms with Crippen LogP contribution < -0.4 is 5.73 Å². The lowest BCUT2D eigenvalue weighted by atomic mass is 9.75. The van der Waals surface area contributed by atoms with E-state index in [9.17, 15) is 0 Å². The second kappa shape index (κ2) is 4.00. The van der Waals surface area contributed by atoms with Crippen molar-refractivity contribution in [3.8, 4) is 0 Å². The fraction of sp³-hybridized carbons (Fsp3) is 1.00. The Balaban J connectivity index is 1.81. The lowest BCUT2D eigenvalue weighted by Gasteiger charge is -2.33. The first-order valence-electron chi connectivity index (χ1n) is 6.03. The minimum Gasteiger partial charge on any atom is -0.327 e. The maximum Gasteiger partial charge on any atom is 0.00723 e. The molecule has 1 heteroatoms. The van der Waals surface area contributed by atoms with E-state index in [4.69, 9.17) is 5.73 Å². The number of hydrogen-bond donors (Lipinski definition) is 1. The number of hydrogen-bond acceptors (Lipinski definition) is 1. The van der Waals surface area contributed by atoms with Gasteiger partial charge in [0.2, 0.25) is 0 Å². The number of rotatable bonds is 3. The summed E-state index contributed by atoms with van der Waals surface area (Å²) in [6.07, 6.45) is 9.90. The quantitative estimate of drug-likeness (QED) is 0.711. The Morgan fingerprint density at radius 2 is 1.85 bits per heavy atom. The van der Waals surface area contributed by atoms with Crippen molar-refractivity contribution < 1.29 is 0 Å². The SMILES string of the molecule is CC1CCCCC1C(N)CC1CC1. The van der Waals surface area contributed by atoms with Crippen LogP contribution in [0.15, 0.2) is 0 Å². The second-order valence-electron chi connectivity index (χ2n) is 5.27. The molecule has 3 unspecified atom stereocenters. The highest BCUT2D eigenvalue weighted by Gasteiger charge is 2.31. The molecule has 1 nitrogen and oxygen atoms in total. The Bertz CT molecular complexity index is 163. The summed E-state index contributed by atoms with van der Waals surface area (Å²) in [6, 6.07) is 0.516. The third-order valence-electron chi connectivity index (χ3n) is 4.03. The van der Waals surface area contributed by atoms with E-state index in [2.05, 4.69) is 6.92 Å². The summed E-state index contributed by atoms with van der Waals surface area (Å²) in [7, 11) is 0. The molecule has 3 atom stereocenters. The fourth-order valence-corrected chi connectivity index (χ4v) is 2.89. The maximum absolute atomic E-state index is 6.28. The van der Waals surface area contributed by atoms with E-state index in [0.29, 0.717) is 6.04 Å². The van der Waals surface area contributed by atoms with Crippen LogP contribution in [0.25, 0.3) is 0 Å². The van der Waals surface area contributed by atoms with Crippen LogP contribution in [0.4, 0.5) is 0 Å². The Morgan fingerprint density at radius 1 is 1.15 bits per heavy atom. The van der Waals surface area contributed by atoms with Crippen LogP contribution in [-0.4, -0.2) is 6.04 Å². The molecular weight excluding hydrogens is 158 g/mol. The average molecular weight is 181 g/mol. The van der Waals surface area contributed by atoms with Crippen LogP contribution >= 0.6 is 0 Å². The summed E-state index contributed by atoms with van der Waals surface area (Å²) < 4.78 is 0. The highest BCUT2D eigenvalue weighted by molar-refractivity contribution is 4.86. The summed E-state index contributed by atoms with van der Waals surface area (Å²) >= 11 is 0. The van der Waals surface area contributed by atoms with Gasteiger partial charge in [-0.15, -0.1) is 0 Å². The highest BCUT2D eigenvalue weighted by atomic mass is 14.7. The summed E-state index contributed by atoms with van der Waals surface area (Å²) in [4.78, 5) is 0. The van der Waals surface area contributed by atoms with Crippen molar-refractivity contribution in [3.63, 3.8) is 0 Å². The average Bonchev–Trinajstić information content (AvgIpc) is 2.89. The zero-order valence-electron chi connectivity index (χ0n) is 8.84. The molecule has 0 amide bonds. The Kier molecular flexibility index (Phi) is 2.92. The first-order valence-corrected chi connectivity index (χ1v) is 6.03. The minimum absolute atomic E-state index is 0.516. The predicted molar refractivity (Wildman–Crippen MR) is 56.4 cm³/mol. The van der Waals surface area contributed by atoms with Crippen molar-refractivity contribution in [2.75, 3.05) is 0 Å². The second-order valence-corrected chi connectivity index (χ2v) is 5.27. The molecule has 13 heavy (non-hydrogen) atoms. The van der Waals surface area contributed by atoms with Crippen molar-refractivity contribution in [1.29, 1.82) is 0 Å². The van der Waals surface area contributed by atoms with Gasteiger partial charge < -0.3 is 5.73 Å². The van der Waals surface area contributed by atoms with Gasteiger partial charge in [0.15, 0.2) is 0 Å². The Labute approximate surface area is 82.1 Å². The van der Waals surface area contributed by atoms with E-state index in [1.165, 1.54) is 44.9 Å². The van der Waals surface area contributed by atoms with Crippen molar-refractivity contribution in [1.82, 2.24) is 0 Å².